The fourth-order valence-electron chi connectivity index (χ4n) is 3.05. The maximum atomic E-state index is 12.1. The molecule has 3 rings (SSSR count). The van der Waals surface area contributed by atoms with E-state index in [4.69, 9.17) is 0 Å². The van der Waals surface area contributed by atoms with Gasteiger partial charge in [0.1, 0.15) is 0 Å². The number of urea groups is 1. The van der Waals surface area contributed by atoms with E-state index in [0.29, 0.717) is 0 Å². The number of anilines is 1. The first-order chi connectivity index (χ1) is 11.7. The lowest BCUT2D eigenvalue weighted by Gasteiger charge is -2.32. The van der Waals surface area contributed by atoms with Gasteiger partial charge in [0.2, 0.25) is 0 Å². The van der Waals surface area contributed by atoms with Crippen LogP contribution in [0.25, 0.3) is 0 Å². The largest absolute Gasteiger partial charge is 0.335 e. The fraction of sp³-hybridized carbons (Fsp3) is 0.368. The third-order valence-corrected chi connectivity index (χ3v) is 4.33. The van der Waals surface area contributed by atoms with Crippen LogP contribution in [0.15, 0.2) is 48.7 Å². The smallest absolute Gasteiger partial charge is 0.319 e. The number of pyridine rings is 1. The normalized spacial score (nSPS) is 15.9. The number of piperidine rings is 1. The van der Waals surface area contributed by atoms with Gasteiger partial charge in [-0.3, -0.25) is 9.88 Å². The van der Waals surface area contributed by atoms with Crippen LogP contribution in [-0.2, 0) is 6.54 Å². The Hall–Kier alpha value is -2.40. The second-order valence-corrected chi connectivity index (χ2v) is 6.32. The molecule has 1 aromatic carbocycles. The van der Waals surface area contributed by atoms with Crippen LogP contribution in [0, 0.1) is 6.92 Å². The molecular formula is C19H24N4O. The van der Waals surface area contributed by atoms with Crippen molar-refractivity contribution >= 4 is 11.7 Å². The number of rotatable bonds is 4. The van der Waals surface area contributed by atoms with Gasteiger partial charge in [-0.1, -0.05) is 30.3 Å². The van der Waals surface area contributed by atoms with E-state index < -0.39 is 0 Å². The van der Waals surface area contributed by atoms with Crippen LogP contribution in [0.1, 0.15) is 24.1 Å². The van der Waals surface area contributed by atoms with Gasteiger partial charge < -0.3 is 10.6 Å². The van der Waals surface area contributed by atoms with Gasteiger partial charge in [0.15, 0.2) is 0 Å². The summed E-state index contributed by atoms with van der Waals surface area (Å²) in [4.78, 5) is 18.7. The molecule has 0 bridgehead atoms. The highest BCUT2D eigenvalue weighted by molar-refractivity contribution is 5.89. The molecule has 1 fully saturated rings. The average Bonchev–Trinajstić information content (AvgIpc) is 2.57. The van der Waals surface area contributed by atoms with Gasteiger partial charge in [-0.05, 0) is 37.5 Å². The molecule has 0 radical (unpaired) electrons. The molecule has 2 heterocycles. The summed E-state index contributed by atoms with van der Waals surface area (Å²) in [6, 6.07) is 14.3. The first-order valence-electron chi connectivity index (χ1n) is 8.45. The number of aromatic nitrogens is 1. The highest BCUT2D eigenvalue weighted by atomic mass is 16.2. The van der Waals surface area contributed by atoms with E-state index in [2.05, 4.69) is 44.8 Å². The molecule has 0 unspecified atom stereocenters. The number of hydrogen-bond acceptors (Lipinski definition) is 3. The predicted molar refractivity (Wildman–Crippen MR) is 95.9 cm³/mol. The first kappa shape index (κ1) is 16.5. The minimum Gasteiger partial charge on any atom is -0.335 e. The molecular weight excluding hydrogens is 300 g/mol. The van der Waals surface area contributed by atoms with Crippen LogP contribution >= 0.6 is 0 Å². The number of likely N-dealkylation sites (tertiary alicyclic amines) is 1. The molecule has 0 spiro atoms. The Labute approximate surface area is 143 Å². The van der Waals surface area contributed by atoms with Crippen molar-refractivity contribution in [1.29, 1.82) is 0 Å². The third kappa shape index (κ3) is 4.80. The number of benzene rings is 1. The lowest BCUT2D eigenvalue weighted by Crippen LogP contribution is -2.45. The number of carbonyl (C=O) groups is 1. The topological polar surface area (TPSA) is 57.3 Å². The van der Waals surface area contributed by atoms with Gasteiger partial charge in [0.05, 0.1) is 0 Å². The SMILES string of the molecule is Cc1cc(NC(=O)NC2CCN(Cc3ccccc3)CC2)ccn1. The Kier molecular flexibility index (Phi) is 5.43. The van der Waals surface area contributed by atoms with Crippen molar-refractivity contribution in [2.45, 2.75) is 32.4 Å². The van der Waals surface area contributed by atoms with E-state index in [1.54, 1.807) is 12.3 Å². The zero-order chi connectivity index (χ0) is 16.8. The van der Waals surface area contributed by atoms with Gasteiger partial charge in [-0.2, -0.15) is 0 Å². The van der Waals surface area contributed by atoms with E-state index >= 15 is 0 Å². The molecule has 126 valence electrons. The Morgan fingerprint density at radius 1 is 1.21 bits per heavy atom. The Morgan fingerprint density at radius 2 is 1.96 bits per heavy atom. The summed E-state index contributed by atoms with van der Waals surface area (Å²) < 4.78 is 0. The molecule has 2 aromatic rings. The molecule has 0 atom stereocenters. The fourth-order valence-corrected chi connectivity index (χ4v) is 3.05. The summed E-state index contributed by atoms with van der Waals surface area (Å²) in [7, 11) is 0. The van der Waals surface area contributed by atoms with Crippen molar-refractivity contribution in [3.8, 4) is 0 Å². The van der Waals surface area contributed by atoms with Gasteiger partial charge in [-0.25, -0.2) is 4.79 Å². The van der Waals surface area contributed by atoms with Gasteiger partial charge >= 0.3 is 6.03 Å². The molecule has 5 heteroatoms. The number of amides is 2. The molecule has 1 aromatic heterocycles. The van der Waals surface area contributed by atoms with E-state index in [-0.39, 0.29) is 12.1 Å². The molecule has 2 N–H and O–H groups in total. The summed E-state index contributed by atoms with van der Waals surface area (Å²) in [5.41, 5.74) is 3.01. The van der Waals surface area contributed by atoms with Crippen molar-refractivity contribution in [1.82, 2.24) is 15.2 Å². The van der Waals surface area contributed by atoms with Gasteiger partial charge in [0, 0.05) is 43.3 Å². The van der Waals surface area contributed by atoms with Crippen molar-refractivity contribution in [3.63, 3.8) is 0 Å². The molecule has 0 aliphatic carbocycles. The van der Waals surface area contributed by atoms with E-state index in [0.717, 1.165) is 43.9 Å². The van der Waals surface area contributed by atoms with Crippen LogP contribution in [0.3, 0.4) is 0 Å². The molecule has 24 heavy (non-hydrogen) atoms. The zero-order valence-corrected chi connectivity index (χ0v) is 14.0. The number of carbonyl (C=O) groups excluding carboxylic acids is 1. The van der Waals surface area contributed by atoms with Crippen molar-refractivity contribution in [2.75, 3.05) is 18.4 Å². The van der Waals surface area contributed by atoms with Crippen LogP contribution in [0.4, 0.5) is 10.5 Å². The highest BCUT2D eigenvalue weighted by Gasteiger charge is 2.20. The minimum absolute atomic E-state index is 0.137. The van der Waals surface area contributed by atoms with Crippen LogP contribution in [-0.4, -0.2) is 35.0 Å². The highest BCUT2D eigenvalue weighted by Crippen LogP contribution is 2.14. The summed E-state index contributed by atoms with van der Waals surface area (Å²) in [6.45, 7) is 4.91. The number of hydrogen-bond donors (Lipinski definition) is 2. The molecule has 5 nitrogen and oxygen atoms in total. The first-order valence-corrected chi connectivity index (χ1v) is 8.45. The molecule has 1 aliphatic heterocycles. The Bertz CT molecular complexity index is 666. The Balaban J connectivity index is 1.42. The van der Waals surface area contributed by atoms with Crippen LogP contribution in [0.5, 0.6) is 0 Å². The second kappa shape index (κ2) is 7.93. The maximum Gasteiger partial charge on any atom is 0.319 e. The van der Waals surface area contributed by atoms with E-state index in [9.17, 15) is 4.79 Å². The molecule has 1 saturated heterocycles. The number of nitrogens with one attached hydrogen (secondary N) is 2. The predicted octanol–water partition coefficient (Wildman–Crippen LogP) is 3.18. The average molecular weight is 324 g/mol. The molecule has 0 saturated carbocycles. The number of nitrogens with zero attached hydrogens (tertiary/aromatic N) is 2. The quantitative estimate of drug-likeness (QED) is 0.908. The lowest BCUT2D eigenvalue weighted by atomic mass is 10.0. The van der Waals surface area contributed by atoms with Crippen molar-refractivity contribution < 1.29 is 4.79 Å². The van der Waals surface area contributed by atoms with Crippen molar-refractivity contribution in [2.24, 2.45) is 0 Å². The zero-order valence-electron chi connectivity index (χ0n) is 14.0. The Morgan fingerprint density at radius 3 is 2.67 bits per heavy atom. The summed E-state index contributed by atoms with van der Waals surface area (Å²) in [6.07, 6.45) is 3.66. The second-order valence-electron chi connectivity index (χ2n) is 6.32. The molecule has 2 amide bonds. The third-order valence-electron chi connectivity index (χ3n) is 4.33. The summed E-state index contributed by atoms with van der Waals surface area (Å²) in [5, 5.41) is 5.95. The van der Waals surface area contributed by atoms with Gasteiger partial charge in [-0.15, -0.1) is 0 Å². The summed E-state index contributed by atoms with van der Waals surface area (Å²) >= 11 is 0. The molecule has 1 aliphatic rings. The van der Waals surface area contributed by atoms with Gasteiger partial charge in [0.25, 0.3) is 0 Å². The number of aryl methyl sites for hydroxylation is 1. The summed E-state index contributed by atoms with van der Waals surface area (Å²) in [5.74, 6) is 0. The van der Waals surface area contributed by atoms with Crippen LogP contribution < -0.4 is 10.6 Å². The van der Waals surface area contributed by atoms with Crippen molar-refractivity contribution in [3.05, 3.63) is 59.9 Å². The monoisotopic (exact) mass is 324 g/mol. The van der Waals surface area contributed by atoms with E-state index in [1.807, 2.05) is 19.1 Å². The standard InChI is InChI=1S/C19H24N4O/c1-15-13-18(7-10-20-15)22-19(24)21-17-8-11-23(12-9-17)14-16-5-3-2-4-6-16/h2-7,10,13,17H,8-9,11-12,14H2,1H3,(H2,20,21,22,24). The maximum absolute atomic E-state index is 12.1. The van der Waals surface area contributed by atoms with E-state index in [1.165, 1.54) is 5.56 Å². The van der Waals surface area contributed by atoms with Crippen LogP contribution in [0.2, 0.25) is 0 Å². The minimum atomic E-state index is -0.137. The lowest BCUT2D eigenvalue weighted by molar-refractivity contribution is 0.190.